The van der Waals surface area contributed by atoms with Crippen molar-refractivity contribution in [2.24, 2.45) is 5.92 Å². The fourth-order valence-electron chi connectivity index (χ4n) is 6.22. The lowest BCUT2D eigenvalue weighted by Crippen LogP contribution is -2.39. The van der Waals surface area contributed by atoms with Crippen LogP contribution in [-0.4, -0.2) is 63.1 Å². The van der Waals surface area contributed by atoms with Gasteiger partial charge in [-0.25, -0.2) is 14.5 Å². The van der Waals surface area contributed by atoms with Gasteiger partial charge in [0, 0.05) is 37.3 Å². The lowest BCUT2D eigenvalue weighted by molar-refractivity contribution is -0.144. The molecule has 1 saturated heterocycles. The van der Waals surface area contributed by atoms with Gasteiger partial charge in [-0.3, -0.25) is 9.59 Å². The third kappa shape index (κ3) is 4.51. The molecule has 1 saturated carbocycles. The number of esters is 1. The Labute approximate surface area is 237 Å². The number of pyridine rings is 1. The van der Waals surface area contributed by atoms with E-state index in [-0.39, 0.29) is 29.4 Å². The first-order valence-electron chi connectivity index (χ1n) is 14.2. The summed E-state index contributed by atoms with van der Waals surface area (Å²) >= 11 is 0. The van der Waals surface area contributed by atoms with E-state index in [1.807, 2.05) is 28.0 Å². The van der Waals surface area contributed by atoms with Crippen LogP contribution in [0.15, 0.2) is 48.5 Å². The SMILES string of the molecule is COC(=O)C1CCN(c2ccc(-c3cc4nc(C(=O)N5CCc6ccccc6[C@H]5C)cc(C5CC5)n4n3)c(F)n2)C1. The van der Waals surface area contributed by atoms with E-state index >= 15 is 4.39 Å². The van der Waals surface area contributed by atoms with Crippen molar-refractivity contribution in [1.82, 2.24) is 24.5 Å². The number of ether oxygens (including phenoxy) is 1. The lowest BCUT2D eigenvalue weighted by atomic mass is 9.93. The molecule has 3 aromatic heterocycles. The minimum absolute atomic E-state index is 0.0486. The molecule has 1 aromatic carbocycles. The monoisotopic (exact) mass is 554 g/mol. The summed E-state index contributed by atoms with van der Waals surface area (Å²) in [6.45, 7) is 3.74. The maximum atomic E-state index is 15.4. The zero-order chi connectivity index (χ0) is 28.2. The summed E-state index contributed by atoms with van der Waals surface area (Å²) < 4.78 is 22.0. The molecule has 0 radical (unpaired) electrons. The van der Waals surface area contributed by atoms with Crippen molar-refractivity contribution in [3.63, 3.8) is 0 Å². The number of anilines is 1. The predicted molar refractivity (Wildman–Crippen MR) is 150 cm³/mol. The van der Waals surface area contributed by atoms with Crippen molar-refractivity contribution in [3.05, 3.63) is 77.0 Å². The van der Waals surface area contributed by atoms with E-state index in [0.717, 1.165) is 25.0 Å². The van der Waals surface area contributed by atoms with Crippen LogP contribution in [0.1, 0.15) is 65.5 Å². The quantitative estimate of drug-likeness (QED) is 0.264. The third-order valence-electron chi connectivity index (χ3n) is 8.68. The Morgan fingerprint density at radius 1 is 1.02 bits per heavy atom. The first-order valence-corrected chi connectivity index (χ1v) is 14.2. The number of amides is 1. The summed E-state index contributed by atoms with van der Waals surface area (Å²) in [7, 11) is 1.38. The van der Waals surface area contributed by atoms with E-state index in [9.17, 15) is 9.59 Å². The van der Waals surface area contributed by atoms with Gasteiger partial charge in [-0.2, -0.15) is 9.49 Å². The maximum absolute atomic E-state index is 15.4. The molecule has 1 unspecified atom stereocenters. The third-order valence-corrected chi connectivity index (χ3v) is 8.68. The van der Waals surface area contributed by atoms with Crippen molar-refractivity contribution in [1.29, 1.82) is 0 Å². The van der Waals surface area contributed by atoms with Crippen LogP contribution in [0.2, 0.25) is 0 Å². The van der Waals surface area contributed by atoms with Gasteiger partial charge in [0.25, 0.3) is 5.91 Å². The number of aromatic nitrogens is 4. The standard InChI is InChI=1S/C31H31FN6O3/c1-18-22-6-4-3-5-19(22)12-14-37(18)30(39)25-15-26(20-7-8-20)38-28(33-25)16-24(35-38)23-9-10-27(34-29(23)32)36-13-11-21(17-36)31(40)41-2/h3-6,9-10,15-16,18,20-21H,7-8,11-14,17H2,1-2H3/t18-,21?/m1/s1. The molecule has 10 heteroatoms. The fourth-order valence-corrected chi connectivity index (χ4v) is 6.22. The second-order valence-corrected chi connectivity index (χ2v) is 11.2. The summed E-state index contributed by atoms with van der Waals surface area (Å²) in [5, 5.41) is 4.71. The van der Waals surface area contributed by atoms with Crippen LogP contribution in [0.4, 0.5) is 10.2 Å². The molecular formula is C31H31FN6O3. The van der Waals surface area contributed by atoms with Gasteiger partial charge in [-0.1, -0.05) is 24.3 Å². The summed E-state index contributed by atoms with van der Waals surface area (Å²) in [5.74, 6) is -0.476. The Morgan fingerprint density at radius 2 is 1.85 bits per heavy atom. The largest absolute Gasteiger partial charge is 0.469 e. The molecule has 1 amide bonds. The van der Waals surface area contributed by atoms with Crippen LogP contribution in [-0.2, 0) is 16.0 Å². The molecule has 9 nitrogen and oxygen atoms in total. The fraction of sp³-hybridized carbons (Fsp3) is 0.387. The molecule has 3 aliphatic rings. The minimum atomic E-state index is -0.641. The average Bonchev–Trinajstić information content (AvgIpc) is 3.55. The number of halogens is 1. The van der Waals surface area contributed by atoms with Crippen molar-refractivity contribution in [2.45, 2.75) is 44.6 Å². The molecule has 7 rings (SSSR count). The number of methoxy groups -OCH3 is 1. The minimum Gasteiger partial charge on any atom is -0.469 e. The molecule has 2 aliphatic heterocycles. The van der Waals surface area contributed by atoms with Crippen molar-refractivity contribution < 1.29 is 18.7 Å². The van der Waals surface area contributed by atoms with Gasteiger partial charge in [0.2, 0.25) is 5.95 Å². The van der Waals surface area contributed by atoms with Gasteiger partial charge in [0.15, 0.2) is 5.65 Å². The summed E-state index contributed by atoms with van der Waals surface area (Å²) in [4.78, 5) is 38.4. The lowest BCUT2D eigenvalue weighted by Gasteiger charge is -2.35. The van der Waals surface area contributed by atoms with Gasteiger partial charge in [0.1, 0.15) is 11.5 Å². The molecule has 1 aliphatic carbocycles. The highest BCUT2D eigenvalue weighted by atomic mass is 19.1. The van der Waals surface area contributed by atoms with Crippen molar-refractivity contribution in [2.75, 3.05) is 31.6 Å². The molecule has 5 heterocycles. The first-order chi connectivity index (χ1) is 19.9. The zero-order valence-corrected chi connectivity index (χ0v) is 23.1. The molecule has 41 heavy (non-hydrogen) atoms. The Bertz CT molecular complexity index is 1680. The number of benzene rings is 1. The average molecular weight is 555 g/mol. The van der Waals surface area contributed by atoms with Crippen LogP contribution < -0.4 is 4.90 Å². The number of hydrogen-bond donors (Lipinski definition) is 0. The van der Waals surface area contributed by atoms with Crippen LogP contribution >= 0.6 is 0 Å². The van der Waals surface area contributed by atoms with Gasteiger partial charge < -0.3 is 14.5 Å². The highest BCUT2D eigenvalue weighted by molar-refractivity contribution is 5.93. The van der Waals surface area contributed by atoms with Gasteiger partial charge in [-0.05, 0) is 61.9 Å². The molecule has 0 bridgehead atoms. The molecule has 2 atom stereocenters. The van der Waals surface area contributed by atoms with E-state index < -0.39 is 5.95 Å². The number of hydrogen-bond acceptors (Lipinski definition) is 7. The summed E-state index contributed by atoms with van der Waals surface area (Å²) in [6.07, 6.45) is 3.48. The molecule has 4 aromatic rings. The molecule has 0 spiro atoms. The van der Waals surface area contributed by atoms with E-state index in [1.165, 1.54) is 18.2 Å². The van der Waals surface area contributed by atoms with Crippen molar-refractivity contribution in [3.8, 4) is 11.3 Å². The highest BCUT2D eigenvalue weighted by Crippen LogP contribution is 2.41. The normalized spacial score (nSPS) is 20.4. The molecule has 210 valence electrons. The predicted octanol–water partition coefficient (Wildman–Crippen LogP) is 4.57. The van der Waals surface area contributed by atoms with Crippen LogP contribution in [0.3, 0.4) is 0 Å². The van der Waals surface area contributed by atoms with E-state index in [0.29, 0.717) is 54.8 Å². The van der Waals surface area contributed by atoms with Gasteiger partial charge in [0.05, 0.1) is 30.3 Å². The number of rotatable bonds is 5. The zero-order valence-electron chi connectivity index (χ0n) is 23.1. The van der Waals surface area contributed by atoms with Crippen molar-refractivity contribution >= 4 is 23.3 Å². The summed E-state index contributed by atoms with van der Waals surface area (Å²) in [5.41, 5.74) is 4.95. The van der Waals surface area contributed by atoms with Crippen LogP contribution in [0, 0.1) is 11.9 Å². The van der Waals surface area contributed by atoms with E-state index in [1.54, 1.807) is 22.7 Å². The number of carbonyl (C=O) groups is 2. The Morgan fingerprint density at radius 3 is 2.63 bits per heavy atom. The Kier molecular flexibility index (Phi) is 6.21. The first kappa shape index (κ1) is 25.6. The maximum Gasteiger partial charge on any atom is 0.310 e. The second kappa shape index (κ2) is 9.94. The van der Waals surface area contributed by atoms with Gasteiger partial charge >= 0.3 is 5.97 Å². The molecule has 0 N–H and O–H groups in total. The molecular weight excluding hydrogens is 523 g/mol. The highest BCUT2D eigenvalue weighted by Gasteiger charge is 2.33. The van der Waals surface area contributed by atoms with Crippen LogP contribution in [0.5, 0.6) is 0 Å². The van der Waals surface area contributed by atoms with E-state index in [4.69, 9.17) is 14.8 Å². The molecule has 2 fully saturated rings. The van der Waals surface area contributed by atoms with Crippen LogP contribution in [0.25, 0.3) is 16.9 Å². The smallest absolute Gasteiger partial charge is 0.310 e. The second-order valence-electron chi connectivity index (χ2n) is 11.2. The number of nitrogens with zero attached hydrogens (tertiary/aromatic N) is 6. The topological polar surface area (TPSA) is 92.9 Å². The number of carbonyl (C=O) groups excluding carboxylic acids is 2. The Hall–Kier alpha value is -4.34. The Balaban J connectivity index is 1.19. The van der Waals surface area contributed by atoms with Gasteiger partial charge in [-0.15, -0.1) is 0 Å². The van der Waals surface area contributed by atoms with E-state index in [2.05, 4.69) is 24.0 Å². The number of fused-ring (bicyclic) bond motifs is 2. The summed E-state index contributed by atoms with van der Waals surface area (Å²) in [6, 6.07) is 15.2.